The molecule has 0 amide bonds. The third-order valence-electron chi connectivity index (χ3n) is 3.04. The maximum atomic E-state index is 9.30. The van der Waals surface area contributed by atoms with Crippen LogP contribution >= 0.6 is 0 Å². The summed E-state index contributed by atoms with van der Waals surface area (Å²) in [5.41, 5.74) is 1.12. The third kappa shape index (κ3) is 4.67. The van der Waals surface area contributed by atoms with Gasteiger partial charge in [-0.2, -0.15) is 0 Å². The van der Waals surface area contributed by atoms with E-state index >= 15 is 0 Å². The van der Waals surface area contributed by atoms with Crippen molar-refractivity contribution in [1.29, 1.82) is 0 Å². The average molecular weight is 266 g/mol. The summed E-state index contributed by atoms with van der Waals surface area (Å²) in [7, 11) is 0. The molecule has 0 saturated carbocycles. The Labute approximate surface area is 115 Å². The second-order valence-electron chi connectivity index (χ2n) is 4.66. The quantitative estimate of drug-likeness (QED) is 0.640. The highest BCUT2D eigenvalue weighted by Crippen LogP contribution is 2.22. The summed E-state index contributed by atoms with van der Waals surface area (Å²) in [6.45, 7) is 7.34. The standard InChI is InChI=1S/C14H26N4O/c1-4-7-12-13(15-8-5-2)16-10-17-14(12)18-11(6-3)9-19/h10-11,19H,4-9H2,1-3H3,(H2,15,16,17,18). The van der Waals surface area contributed by atoms with E-state index < -0.39 is 0 Å². The van der Waals surface area contributed by atoms with Crippen LogP contribution < -0.4 is 10.6 Å². The van der Waals surface area contributed by atoms with Crippen molar-refractivity contribution in [3.63, 3.8) is 0 Å². The molecule has 0 spiro atoms. The highest BCUT2D eigenvalue weighted by molar-refractivity contribution is 5.57. The third-order valence-corrected chi connectivity index (χ3v) is 3.04. The van der Waals surface area contributed by atoms with E-state index in [1.54, 1.807) is 6.33 Å². The lowest BCUT2D eigenvalue weighted by Gasteiger charge is -2.19. The first-order valence-electron chi connectivity index (χ1n) is 7.21. The number of aromatic nitrogens is 2. The van der Waals surface area contributed by atoms with Crippen molar-refractivity contribution in [2.75, 3.05) is 23.8 Å². The Morgan fingerprint density at radius 1 is 1.16 bits per heavy atom. The lowest BCUT2D eigenvalue weighted by atomic mass is 10.1. The van der Waals surface area contributed by atoms with E-state index in [-0.39, 0.29) is 12.6 Å². The summed E-state index contributed by atoms with van der Waals surface area (Å²) >= 11 is 0. The van der Waals surface area contributed by atoms with Crippen LogP contribution in [0.5, 0.6) is 0 Å². The SMILES string of the molecule is CCCNc1ncnc(NC(CC)CO)c1CCC. The second-order valence-corrected chi connectivity index (χ2v) is 4.66. The van der Waals surface area contributed by atoms with Gasteiger partial charge in [-0.15, -0.1) is 0 Å². The molecule has 1 aromatic heterocycles. The zero-order valence-corrected chi connectivity index (χ0v) is 12.2. The van der Waals surface area contributed by atoms with E-state index in [2.05, 4.69) is 34.4 Å². The van der Waals surface area contributed by atoms with Crippen LogP contribution in [0.1, 0.15) is 45.6 Å². The van der Waals surface area contributed by atoms with Gasteiger partial charge in [-0.1, -0.05) is 27.2 Å². The number of hydrogen-bond acceptors (Lipinski definition) is 5. The van der Waals surface area contributed by atoms with Gasteiger partial charge in [-0.05, 0) is 19.3 Å². The molecule has 5 nitrogen and oxygen atoms in total. The predicted molar refractivity (Wildman–Crippen MR) is 79.6 cm³/mol. The van der Waals surface area contributed by atoms with Crippen LogP contribution in [-0.2, 0) is 6.42 Å². The Balaban J connectivity index is 2.94. The molecule has 0 aromatic carbocycles. The number of nitrogens with zero attached hydrogens (tertiary/aromatic N) is 2. The van der Waals surface area contributed by atoms with E-state index in [9.17, 15) is 5.11 Å². The van der Waals surface area contributed by atoms with Crippen LogP contribution in [0, 0.1) is 0 Å². The van der Waals surface area contributed by atoms with Gasteiger partial charge in [-0.3, -0.25) is 0 Å². The maximum Gasteiger partial charge on any atom is 0.135 e. The molecule has 3 N–H and O–H groups in total. The van der Waals surface area contributed by atoms with E-state index in [0.29, 0.717) is 0 Å². The molecule has 0 fully saturated rings. The van der Waals surface area contributed by atoms with E-state index in [4.69, 9.17) is 0 Å². The fourth-order valence-electron chi connectivity index (χ4n) is 1.89. The first kappa shape index (κ1) is 15.7. The Morgan fingerprint density at radius 3 is 2.47 bits per heavy atom. The molecule has 1 heterocycles. The molecule has 0 radical (unpaired) electrons. The smallest absolute Gasteiger partial charge is 0.135 e. The van der Waals surface area contributed by atoms with E-state index in [0.717, 1.165) is 49.4 Å². The van der Waals surface area contributed by atoms with Gasteiger partial charge in [0.05, 0.1) is 12.6 Å². The van der Waals surface area contributed by atoms with Gasteiger partial charge >= 0.3 is 0 Å². The minimum atomic E-state index is 0.0459. The van der Waals surface area contributed by atoms with Gasteiger partial charge in [0.15, 0.2) is 0 Å². The summed E-state index contributed by atoms with van der Waals surface area (Å²) in [4.78, 5) is 8.66. The molecule has 0 aliphatic heterocycles. The summed E-state index contributed by atoms with van der Waals surface area (Å²) in [5.74, 6) is 1.75. The monoisotopic (exact) mass is 266 g/mol. The normalized spacial score (nSPS) is 12.2. The second kappa shape index (κ2) is 8.69. The van der Waals surface area contributed by atoms with Gasteiger partial charge in [0.25, 0.3) is 0 Å². The molecule has 0 aliphatic rings. The topological polar surface area (TPSA) is 70.1 Å². The van der Waals surface area contributed by atoms with Crippen LogP contribution in [0.3, 0.4) is 0 Å². The molecule has 108 valence electrons. The summed E-state index contributed by atoms with van der Waals surface area (Å²) in [5, 5.41) is 15.9. The first-order valence-corrected chi connectivity index (χ1v) is 7.21. The zero-order chi connectivity index (χ0) is 14.1. The largest absolute Gasteiger partial charge is 0.394 e. The van der Waals surface area contributed by atoms with Crippen molar-refractivity contribution < 1.29 is 5.11 Å². The number of aliphatic hydroxyl groups excluding tert-OH is 1. The Bertz CT molecular complexity index is 366. The molecule has 0 bridgehead atoms. The fraction of sp³-hybridized carbons (Fsp3) is 0.714. The predicted octanol–water partition coefficient (Wildman–Crippen LogP) is 2.43. The maximum absolute atomic E-state index is 9.30. The number of hydrogen-bond donors (Lipinski definition) is 3. The molecule has 1 atom stereocenters. The molecule has 0 aliphatic carbocycles. The Kier molecular flexibility index (Phi) is 7.18. The van der Waals surface area contributed by atoms with Crippen LogP contribution in [0.15, 0.2) is 6.33 Å². The van der Waals surface area contributed by atoms with Crippen molar-refractivity contribution in [2.45, 2.75) is 52.5 Å². The summed E-state index contributed by atoms with van der Waals surface area (Å²) in [6, 6.07) is 0.0459. The number of rotatable bonds is 9. The zero-order valence-electron chi connectivity index (χ0n) is 12.2. The highest BCUT2D eigenvalue weighted by Gasteiger charge is 2.13. The minimum Gasteiger partial charge on any atom is -0.394 e. The van der Waals surface area contributed by atoms with Crippen molar-refractivity contribution in [2.24, 2.45) is 0 Å². The van der Waals surface area contributed by atoms with Gasteiger partial charge in [0.1, 0.15) is 18.0 Å². The lowest BCUT2D eigenvalue weighted by molar-refractivity contribution is 0.271. The van der Waals surface area contributed by atoms with Gasteiger partial charge in [0.2, 0.25) is 0 Å². The van der Waals surface area contributed by atoms with Crippen molar-refractivity contribution in [3.8, 4) is 0 Å². The molecule has 1 unspecified atom stereocenters. The summed E-state index contributed by atoms with van der Waals surface area (Å²) < 4.78 is 0. The Morgan fingerprint density at radius 2 is 1.89 bits per heavy atom. The molecule has 1 aromatic rings. The van der Waals surface area contributed by atoms with Crippen LogP contribution in [0.2, 0.25) is 0 Å². The molecule has 1 rings (SSSR count). The Hall–Kier alpha value is -1.36. The molecular formula is C14H26N4O. The van der Waals surface area contributed by atoms with Crippen molar-refractivity contribution >= 4 is 11.6 Å². The minimum absolute atomic E-state index is 0.0459. The average Bonchev–Trinajstić information content (AvgIpc) is 2.44. The first-order chi connectivity index (χ1) is 9.26. The lowest BCUT2D eigenvalue weighted by Crippen LogP contribution is -2.24. The fourth-order valence-corrected chi connectivity index (χ4v) is 1.89. The summed E-state index contributed by atoms with van der Waals surface area (Å²) in [6.07, 6.45) is 5.47. The van der Waals surface area contributed by atoms with Crippen molar-refractivity contribution in [3.05, 3.63) is 11.9 Å². The molecular weight excluding hydrogens is 240 g/mol. The number of aliphatic hydroxyl groups is 1. The van der Waals surface area contributed by atoms with Crippen molar-refractivity contribution in [1.82, 2.24) is 9.97 Å². The number of nitrogens with one attached hydrogen (secondary N) is 2. The molecule has 19 heavy (non-hydrogen) atoms. The van der Waals surface area contributed by atoms with Gasteiger partial charge in [-0.25, -0.2) is 9.97 Å². The number of anilines is 2. The van der Waals surface area contributed by atoms with Gasteiger partial charge < -0.3 is 15.7 Å². The molecule has 5 heteroatoms. The van der Waals surface area contributed by atoms with Gasteiger partial charge in [0, 0.05) is 12.1 Å². The van der Waals surface area contributed by atoms with E-state index in [1.165, 1.54) is 0 Å². The van der Waals surface area contributed by atoms with Crippen LogP contribution in [-0.4, -0.2) is 34.3 Å². The highest BCUT2D eigenvalue weighted by atomic mass is 16.3. The van der Waals surface area contributed by atoms with Crippen LogP contribution in [0.4, 0.5) is 11.6 Å². The molecule has 0 saturated heterocycles. The van der Waals surface area contributed by atoms with Crippen LogP contribution in [0.25, 0.3) is 0 Å². The van der Waals surface area contributed by atoms with E-state index in [1.807, 2.05) is 6.92 Å².